The second-order valence-corrected chi connectivity index (χ2v) is 5.16. The van der Waals surface area contributed by atoms with Crippen molar-refractivity contribution in [2.45, 2.75) is 53.4 Å². The quantitative estimate of drug-likeness (QED) is 0.653. The van der Waals surface area contributed by atoms with E-state index >= 15 is 0 Å². The van der Waals surface area contributed by atoms with Crippen molar-refractivity contribution in [1.29, 1.82) is 0 Å². The number of hydrogen-bond acceptors (Lipinski definition) is 1. The van der Waals surface area contributed by atoms with Crippen LogP contribution in [0.1, 0.15) is 53.4 Å². The van der Waals surface area contributed by atoms with Gasteiger partial charge in [0.2, 0.25) is 0 Å². The van der Waals surface area contributed by atoms with Crippen LogP contribution in [0.3, 0.4) is 0 Å². The zero-order valence-electron chi connectivity index (χ0n) is 9.39. The van der Waals surface area contributed by atoms with E-state index in [1.807, 2.05) is 0 Å². The van der Waals surface area contributed by atoms with Gasteiger partial charge in [0.1, 0.15) is 5.78 Å². The first-order valence-electron chi connectivity index (χ1n) is 5.48. The van der Waals surface area contributed by atoms with E-state index in [4.69, 9.17) is 0 Å². The second-order valence-electron chi connectivity index (χ2n) is 5.16. The highest BCUT2D eigenvalue weighted by molar-refractivity contribution is 5.78. The zero-order valence-corrected chi connectivity index (χ0v) is 9.39. The SMILES string of the molecule is CCC(C)(C)C1CCC(C(C)=O)C1. The molecule has 1 fully saturated rings. The van der Waals surface area contributed by atoms with Gasteiger partial charge in [0.25, 0.3) is 0 Å². The highest BCUT2D eigenvalue weighted by atomic mass is 16.1. The fraction of sp³-hybridized carbons (Fsp3) is 0.917. The third-order valence-corrected chi connectivity index (χ3v) is 4.02. The molecule has 0 amide bonds. The van der Waals surface area contributed by atoms with E-state index in [0.29, 0.717) is 17.1 Å². The van der Waals surface area contributed by atoms with Crippen LogP contribution in [-0.4, -0.2) is 5.78 Å². The number of carbonyl (C=O) groups excluding carboxylic acids is 1. The van der Waals surface area contributed by atoms with Crippen LogP contribution >= 0.6 is 0 Å². The summed E-state index contributed by atoms with van der Waals surface area (Å²) in [6.45, 7) is 8.66. The van der Waals surface area contributed by atoms with E-state index in [1.165, 1.54) is 12.8 Å². The third-order valence-electron chi connectivity index (χ3n) is 4.02. The molecule has 2 atom stereocenters. The van der Waals surface area contributed by atoms with Gasteiger partial charge in [-0.05, 0) is 37.5 Å². The fourth-order valence-corrected chi connectivity index (χ4v) is 2.35. The van der Waals surface area contributed by atoms with Gasteiger partial charge in [0, 0.05) is 5.92 Å². The smallest absolute Gasteiger partial charge is 0.132 e. The van der Waals surface area contributed by atoms with Crippen molar-refractivity contribution >= 4 is 5.78 Å². The molecule has 2 unspecified atom stereocenters. The highest BCUT2D eigenvalue weighted by Gasteiger charge is 2.36. The van der Waals surface area contributed by atoms with Crippen LogP contribution in [0.25, 0.3) is 0 Å². The largest absolute Gasteiger partial charge is 0.300 e. The minimum atomic E-state index is 0.371. The Hall–Kier alpha value is -0.330. The Bertz CT molecular complexity index is 193. The van der Waals surface area contributed by atoms with Gasteiger partial charge in [-0.25, -0.2) is 0 Å². The summed E-state index contributed by atoms with van der Waals surface area (Å²) < 4.78 is 0. The molecule has 0 N–H and O–H groups in total. The first-order chi connectivity index (χ1) is 5.97. The molecule has 76 valence electrons. The first-order valence-corrected chi connectivity index (χ1v) is 5.48. The van der Waals surface area contributed by atoms with Gasteiger partial charge in [0.15, 0.2) is 0 Å². The molecular weight excluding hydrogens is 160 g/mol. The Labute approximate surface area is 81.9 Å². The van der Waals surface area contributed by atoms with E-state index in [1.54, 1.807) is 6.92 Å². The Balaban J connectivity index is 2.54. The van der Waals surface area contributed by atoms with Gasteiger partial charge in [-0.15, -0.1) is 0 Å². The molecule has 0 bridgehead atoms. The molecule has 1 heteroatoms. The molecule has 0 aliphatic heterocycles. The average molecular weight is 182 g/mol. The maximum atomic E-state index is 11.2. The van der Waals surface area contributed by atoms with Gasteiger partial charge < -0.3 is 0 Å². The number of rotatable bonds is 3. The summed E-state index contributed by atoms with van der Waals surface area (Å²) in [7, 11) is 0. The zero-order chi connectivity index (χ0) is 10.1. The molecule has 1 saturated carbocycles. The minimum absolute atomic E-state index is 0.371. The highest BCUT2D eigenvalue weighted by Crippen LogP contribution is 2.44. The Kier molecular flexibility index (Phi) is 3.15. The predicted molar refractivity (Wildman–Crippen MR) is 55.6 cm³/mol. The Morgan fingerprint density at radius 1 is 1.38 bits per heavy atom. The summed E-state index contributed by atoms with van der Waals surface area (Å²) in [5.74, 6) is 1.54. The molecule has 1 aliphatic rings. The molecule has 1 rings (SSSR count). The molecule has 1 nitrogen and oxygen atoms in total. The van der Waals surface area contributed by atoms with E-state index in [0.717, 1.165) is 18.8 Å². The summed E-state index contributed by atoms with van der Waals surface area (Å²) in [6.07, 6.45) is 4.74. The van der Waals surface area contributed by atoms with Gasteiger partial charge in [-0.2, -0.15) is 0 Å². The van der Waals surface area contributed by atoms with E-state index in [9.17, 15) is 4.79 Å². The maximum absolute atomic E-state index is 11.2. The molecule has 0 spiro atoms. The number of ketones is 1. The number of carbonyl (C=O) groups is 1. The van der Waals surface area contributed by atoms with Crippen LogP contribution in [0.4, 0.5) is 0 Å². The molecule has 0 aromatic rings. The lowest BCUT2D eigenvalue weighted by atomic mass is 9.75. The summed E-state index contributed by atoms with van der Waals surface area (Å²) in [6, 6.07) is 0. The van der Waals surface area contributed by atoms with Gasteiger partial charge >= 0.3 is 0 Å². The summed E-state index contributed by atoms with van der Waals surface area (Å²) in [4.78, 5) is 11.2. The van der Waals surface area contributed by atoms with Crippen molar-refractivity contribution in [2.24, 2.45) is 17.3 Å². The molecule has 0 radical (unpaired) electrons. The van der Waals surface area contributed by atoms with E-state index in [-0.39, 0.29) is 0 Å². The first kappa shape index (κ1) is 10.7. The Morgan fingerprint density at radius 2 is 2.00 bits per heavy atom. The van der Waals surface area contributed by atoms with Crippen LogP contribution in [0, 0.1) is 17.3 Å². The summed E-state index contributed by atoms with van der Waals surface area (Å²) in [5, 5.41) is 0. The van der Waals surface area contributed by atoms with Crippen LogP contribution in [0.2, 0.25) is 0 Å². The van der Waals surface area contributed by atoms with Crippen molar-refractivity contribution in [2.75, 3.05) is 0 Å². The Morgan fingerprint density at radius 3 is 2.38 bits per heavy atom. The van der Waals surface area contributed by atoms with Gasteiger partial charge in [0.05, 0.1) is 0 Å². The van der Waals surface area contributed by atoms with Crippen molar-refractivity contribution in [3.63, 3.8) is 0 Å². The molecule has 0 saturated heterocycles. The molecule has 1 aliphatic carbocycles. The monoisotopic (exact) mass is 182 g/mol. The lowest BCUT2D eigenvalue weighted by molar-refractivity contribution is -0.120. The predicted octanol–water partition coefficient (Wildman–Crippen LogP) is 3.43. The standard InChI is InChI=1S/C12H22O/c1-5-12(3,4)11-7-6-10(8-11)9(2)13/h10-11H,5-8H2,1-4H3. The van der Waals surface area contributed by atoms with Crippen molar-refractivity contribution in [3.8, 4) is 0 Å². The molecule has 0 heterocycles. The fourth-order valence-electron chi connectivity index (χ4n) is 2.35. The maximum Gasteiger partial charge on any atom is 0.132 e. The van der Waals surface area contributed by atoms with Crippen LogP contribution in [0.15, 0.2) is 0 Å². The van der Waals surface area contributed by atoms with E-state index < -0.39 is 0 Å². The molecule has 0 aromatic heterocycles. The summed E-state index contributed by atoms with van der Waals surface area (Å²) >= 11 is 0. The van der Waals surface area contributed by atoms with Gasteiger partial charge in [-0.1, -0.05) is 27.2 Å². The summed E-state index contributed by atoms with van der Waals surface area (Å²) in [5.41, 5.74) is 0.435. The number of hydrogen-bond donors (Lipinski definition) is 0. The third kappa shape index (κ3) is 2.32. The normalized spacial score (nSPS) is 29.2. The lowest BCUT2D eigenvalue weighted by Gasteiger charge is -2.30. The van der Waals surface area contributed by atoms with Crippen molar-refractivity contribution < 1.29 is 4.79 Å². The lowest BCUT2D eigenvalue weighted by Crippen LogP contribution is -2.21. The van der Waals surface area contributed by atoms with Gasteiger partial charge in [-0.3, -0.25) is 4.79 Å². The number of Topliss-reactive ketones (excluding diaryl/α,β-unsaturated/α-hetero) is 1. The van der Waals surface area contributed by atoms with Crippen molar-refractivity contribution in [1.82, 2.24) is 0 Å². The molecule has 0 aromatic carbocycles. The average Bonchev–Trinajstić information content (AvgIpc) is 2.52. The van der Waals surface area contributed by atoms with Crippen molar-refractivity contribution in [3.05, 3.63) is 0 Å². The minimum Gasteiger partial charge on any atom is -0.300 e. The molecular formula is C12H22O. The van der Waals surface area contributed by atoms with Crippen LogP contribution in [0.5, 0.6) is 0 Å². The van der Waals surface area contributed by atoms with Crippen LogP contribution in [-0.2, 0) is 4.79 Å². The second kappa shape index (κ2) is 3.81. The topological polar surface area (TPSA) is 17.1 Å². The van der Waals surface area contributed by atoms with Crippen LogP contribution < -0.4 is 0 Å². The van der Waals surface area contributed by atoms with E-state index in [2.05, 4.69) is 20.8 Å². The molecule has 13 heavy (non-hydrogen) atoms.